The number of hydrogen-bond acceptors (Lipinski definition) is 6. The molecule has 0 bridgehead atoms. The summed E-state index contributed by atoms with van der Waals surface area (Å²) in [5.41, 5.74) is 2.17. The van der Waals surface area contributed by atoms with E-state index in [2.05, 4.69) is 38.7 Å². The Morgan fingerprint density at radius 1 is 1.06 bits per heavy atom. The molecule has 1 aliphatic carbocycles. The molecular weight excluding hydrogens is 478 g/mol. The second-order valence-corrected chi connectivity index (χ2v) is 9.63. The Morgan fingerprint density at radius 2 is 1.82 bits per heavy atom. The number of anilines is 2. The van der Waals surface area contributed by atoms with Gasteiger partial charge in [0.1, 0.15) is 11.6 Å². The number of nitrogens with one attached hydrogen (secondary N) is 2. The van der Waals surface area contributed by atoms with Crippen molar-refractivity contribution in [1.29, 1.82) is 0 Å². The van der Waals surface area contributed by atoms with E-state index in [1.165, 1.54) is 31.2 Å². The number of nitrogens with zero attached hydrogens (tertiary/aromatic N) is 3. The fraction of sp³-hybridized carbons (Fsp3) is 0.462. The molecule has 1 heterocycles. The van der Waals surface area contributed by atoms with Crippen molar-refractivity contribution in [3.05, 3.63) is 52.5 Å². The molecule has 3 aromatic rings. The summed E-state index contributed by atoms with van der Waals surface area (Å²) in [7, 11) is 5.78. The van der Waals surface area contributed by atoms with E-state index in [0.29, 0.717) is 12.0 Å². The smallest absolute Gasteiger partial charge is 0.225 e. The number of aromatic nitrogens is 2. The molecule has 0 aliphatic heterocycles. The second-order valence-electron chi connectivity index (χ2n) is 8.72. The number of benzene rings is 2. The number of fused-ring (bicyclic) bond motifs is 1. The number of halogens is 1. The molecule has 0 unspecified atom stereocenters. The summed E-state index contributed by atoms with van der Waals surface area (Å²) in [4.78, 5) is 11.5. The zero-order valence-electron chi connectivity index (χ0n) is 19.1. The van der Waals surface area contributed by atoms with Gasteiger partial charge < -0.3 is 20.3 Å². The summed E-state index contributed by atoms with van der Waals surface area (Å²) in [6.07, 6.45) is 4.77. The molecule has 1 aliphatic rings. The molecular formula is C26H36BrN5O. The van der Waals surface area contributed by atoms with E-state index in [0.717, 1.165) is 46.0 Å². The molecule has 178 valence electrons. The van der Waals surface area contributed by atoms with Gasteiger partial charge in [-0.05, 0) is 61.9 Å². The zero-order valence-corrected chi connectivity index (χ0v) is 20.7. The van der Waals surface area contributed by atoms with Gasteiger partial charge in [0.15, 0.2) is 0 Å². The first kappa shape index (κ1) is 25.2. The molecule has 1 fully saturated rings. The normalized spacial score (nSPS) is 17.9. The van der Waals surface area contributed by atoms with Crippen molar-refractivity contribution in [3.63, 3.8) is 0 Å². The van der Waals surface area contributed by atoms with Gasteiger partial charge in [-0.3, -0.25) is 0 Å². The lowest BCUT2D eigenvalue weighted by Crippen LogP contribution is -2.34. The number of para-hydroxylation sites is 1. The zero-order chi connectivity index (χ0) is 22.5. The number of ether oxygens (including phenoxy) is 1. The molecule has 0 spiro atoms. The van der Waals surface area contributed by atoms with E-state index in [-0.39, 0.29) is 7.43 Å². The predicted molar refractivity (Wildman–Crippen MR) is 142 cm³/mol. The molecule has 0 saturated heterocycles. The largest absolute Gasteiger partial charge is 0.496 e. The first-order valence-electron chi connectivity index (χ1n) is 11.3. The Kier molecular flexibility index (Phi) is 8.92. The fourth-order valence-corrected chi connectivity index (χ4v) is 4.83. The van der Waals surface area contributed by atoms with Gasteiger partial charge in [0.25, 0.3) is 0 Å². The Bertz CT molecular complexity index is 1050. The average Bonchev–Trinajstić information content (AvgIpc) is 2.81. The minimum Gasteiger partial charge on any atom is -0.496 e. The Morgan fingerprint density at radius 3 is 2.55 bits per heavy atom. The highest BCUT2D eigenvalue weighted by molar-refractivity contribution is 9.10. The monoisotopic (exact) mass is 513 g/mol. The molecule has 2 aromatic carbocycles. The van der Waals surface area contributed by atoms with Crippen LogP contribution in [-0.2, 0) is 6.54 Å². The van der Waals surface area contributed by atoms with Gasteiger partial charge >= 0.3 is 0 Å². The molecule has 1 saturated carbocycles. The summed E-state index contributed by atoms with van der Waals surface area (Å²) >= 11 is 3.56. The van der Waals surface area contributed by atoms with Crippen LogP contribution in [0.3, 0.4) is 0 Å². The SMILES string of the molecule is C.COc1ccc(Br)cc1CNC1CCC(CNc2nc(N(C)C)c3ccccc3n2)CC1. The number of methoxy groups -OCH3 is 1. The first-order valence-corrected chi connectivity index (χ1v) is 12.1. The van der Waals surface area contributed by atoms with Crippen LogP contribution in [0.15, 0.2) is 46.9 Å². The van der Waals surface area contributed by atoms with Crippen molar-refractivity contribution >= 4 is 38.6 Å². The van der Waals surface area contributed by atoms with Gasteiger partial charge in [0.05, 0.1) is 12.6 Å². The fourth-order valence-electron chi connectivity index (χ4n) is 4.43. The van der Waals surface area contributed by atoms with Crippen molar-refractivity contribution in [1.82, 2.24) is 15.3 Å². The highest BCUT2D eigenvalue weighted by Crippen LogP contribution is 2.28. The topological polar surface area (TPSA) is 62.3 Å². The molecule has 0 radical (unpaired) electrons. The maximum Gasteiger partial charge on any atom is 0.225 e. The maximum absolute atomic E-state index is 5.50. The van der Waals surface area contributed by atoms with E-state index in [9.17, 15) is 0 Å². The summed E-state index contributed by atoms with van der Waals surface area (Å²) in [6.45, 7) is 1.74. The summed E-state index contributed by atoms with van der Waals surface area (Å²) in [5.74, 6) is 3.25. The first-order chi connectivity index (χ1) is 15.5. The lowest BCUT2D eigenvalue weighted by atomic mass is 9.86. The standard InChI is InChI=1S/C25H32BrN5O.CH4/c1-31(2)24-21-6-4-5-7-22(21)29-25(30-24)28-15-17-8-11-20(12-9-17)27-16-18-14-19(26)10-13-23(18)32-3;/h4-7,10,13-14,17,20,27H,8-9,11-12,15-16H2,1-3H3,(H,28,29,30);1H4. The van der Waals surface area contributed by atoms with Crippen molar-refractivity contribution in [2.45, 2.75) is 45.7 Å². The third-order valence-corrected chi connectivity index (χ3v) is 6.72. The van der Waals surface area contributed by atoms with Crippen molar-refractivity contribution in [2.75, 3.05) is 38.0 Å². The van der Waals surface area contributed by atoms with Crippen molar-refractivity contribution < 1.29 is 4.74 Å². The lowest BCUT2D eigenvalue weighted by molar-refractivity contribution is 0.298. The molecule has 1 aromatic heterocycles. The van der Waals surface area contributed by atoms with Gasteiger partial charge in [-0.2, -0.15) is 4.98 Å². The lowest BCUT2D eigenvalue weighted by Gasteiger charge is -2.29. The van der Waals surface area contributed by atoms with Crippen LogP contribution in [-0.4, -0.2) is 43.8 Å². The predicted octanol–water partition coefficient (Wildman–Crippen LogP) is 5.86. The van der Waals surface area contributed by atoms with E-state index in [1.807, 2.05) is 49.3 Å². The van der Waals surface area contributed by atoms with Gasteiger partial charge in [-0.1, -0.05) is 35.5 Å². The van der Waals surface area contributed by atoms with E-state index >= 15 is 0 Å². The van der Waals surface area contributed by atoms with Gasteiger partial charge in [-0.25, -0.2) is 4.98 Å². The summed E-state index contributed by atoms with van der Waals surface area (Å²) < 4.78 is 6.58. The third-order valence-electron chi connectivity index (χ3n) is 6.23. The van der Waals surface area contributed by atoms with Gasteiger partial charge in [0.2, 0.25) is 5.95 Å². The Labute approximate surface area is 206 Å². The third kappa shape index (κ3) is 6.36. The van der Waals surface area contributed by atoms with Crippen LogP contribution < -0.4 is 20.3 Å². The van der Waals surface area contributed by atoms with Crippen LogP contribution in [0.2, 0.25) is 0 Å². The quantitative estimate of drug-likeness (QED) is 0.393. The van der Waals surface area contributed by atoms with Crippen LogP contribution in [0.25, 0.3) is 10.9 Å². The molecule has 6 nitrogen and oxygen atoms in total. The highest BCUT2D eigenvalue weighted by Gasteiger charge is 2.21. The maximum atomic E-state index is 5.50. The number of rotatable bonds is 8. The van der Waals surface area contributed by atoms with Gasteiger partial charge in [0, 0.05) is 48.6 Å². The Balaban J connectivity index is 0.00000306. The second kappa shape index (κ2) is 11.7. The van der Waals surface area contributed by atoms with E-state index < -0.39 is 0 Å². The van der Waals surface area contributed by atoms with E-state index in [1.54, 1.807) is 7.11 Å². The van der Waals surface area contributed by atoms with Crippen LogP contribution in [0.1, 0.15) is 38.7 Å². The molecule has 0 amide bonds. The molecule has 0 atom stereocenters. The minimum atomic E-state index is 0. The number of hydrogen-bond donors (Lipinski definition) is 2. The van der Waals surface area contributed by atoms with Crippen LogP contribution in [0.4, 0.5) is 11.8 Å². The molecule has 4 rings (SSSR count). The van der Waals surface area contributed by atoms with Crippen molar-refractivity contribution in [2.24, 2.45) is 5.92 Å². The summed E-state index contributed by atoms with van der Waals surface area (Å²) in [6, 6.07) is 14.9. The molecule has 7 heteroatoms. The van der Waals surface area contributed by atoms with Crippen molar-refractivity contribution in [3.8, 4) is 5.75 Å². The Hall–Kier alpha value is -2.38. The van der Waals surface area contributed by atoms with E-state index in [4.69, 9.17) is 14.7 Å². The van der Waals surface area contributed by atoms with Gasteiger partial charge in [-0.15, -0.1) is 0 Å². The average molecular weight is 515 g/mol. The van der Waals surface area contributed by atoms with Crippen LogP contribution in [0.5, 0.6) is 5.75 Å². The minimum absolute atomic E-state index is 0. The molecule has 33 heavy (non-hydrogen) atoms. The van der Waals surface area contributed by atoms with Crippen LogP contribution >= 0.6 is 15.9 Å². The highest BCUT2D eigenvalue weighted by atomic mass is 79.9. The van der Waals surface area contributed by atoms with Crippen LogP contribution in [0, 0.1) is 5.92 Å². The molecule has 2 N–H and O–H groups in total. The summed E-state index contributed by atoms with van der Waals surface area (Å²) in [5, 5.41) is 8.31.